The summed E-state index contributed by atoms with van der Waals surface area (Å²) < 4.78 is 0. The van der Waals surface area contributed by atoms with Crippen LogP contribution in [0.2, 0.25) is 0 Å². The number of piperidine rings is 1. The minimum absolute atomic E-state index is 0.106. The van der Waals surface area contributed by atoms with Crippen LogP contribution in [0.15, 0.2) is 12.3 Å². The van der Waals surface area contributed by atoms with Gasteiger partial charge >= 0.3 is 5.69 Å². The molecule has 2 N–H and O–H groups in total. The Hall–Kier alpha value is -2.20. The lowest BCUT2D eigenvalue weighted by Crippen LogP contribution is -2.36. The second-order valence-electron chi connectivity index (χ2n) is 4.60. The molecule has 1 aliphatic rings. The molecule has 0 aromatic carbocycles. The zero-order valence-corrected chi connectivity index (χ0v) is 10.5. The predicted molar refractivity (Wildman–Crippen MR) is 69.6 cm³/mol. The maximum Gasteiger partial charge on any atom is 0.312 e. The molecule has 7 nitrogen and oxygen atoms in total. The first kappa shape index (κ1) is 13.2. The number of hydrogen-bond donors (Lipinski definition) is 1. The first-order valence-electron chi connectivity index (χ1n) is 6.15. The van der Waals surface area contributed by atoms with Crippen molar-refractivity contribution in [2.45, 2.75) is 12.8 Å². The van der Waals surface area contributed by atoms with E-state index >= 15 is 0 Å². The first-order valence-corrected chi connectivity index (χ1v) is 6.15. The fourth-order valence-corrected chi connectivity index (χ4v) is 2.27. The van der Waals surface area contributed by atoms with Gasteiger partial charge in [-0.25, -0.2) is 4.98 Å². The van der Waals surface area contributed by atoms with E-state index in [2.05, 4.69) is 4.98 Å². The Morgan fingerprint density at radius 1 is 1.58 bits per heavy atom. The highest BCUT2D eigenvalue weighted by molar-refractivity contribution is 5.60. The monoisotopic (exact) mass is 261 g/mol. The van der Waals surface area contributed by atoms with Crippen LogP contribution in [0.5, 0.6) is 0 Å². The number of rotatable bonds is 3. The van der Waals surface area contributed by atoms with E-state index in [0.29, 0.717) is 31.4 Å². The molecule has 0 saturated carbocycles. The molecule has 1 aromatic heterocycles. The fraction of sp³-hybridized carbons (Fsp3) is 0.500. The van der Waals surface area contributed by atoms with Gasteiger partial charge in [0.05, 0.1) is 10.5 Å². The summed E-state index contributed by atoms with van der Waals surface area (Å²) in [6.07, 6.45) is 3.20. The van der Waals surface area contributed by atoms with Gasteiger partial charge in [-0.05, 0) is 25.3 Å². The van der Waals surface area contributed by atoms with Gasteiger partial charge in [-0.1, -0.05) is 0 Å². The summed E-state index contributed by atoms with van der Waals surface area (Å²) in [5, 5.41) is 19.8. The van der Waals surface area contributed by atoms with Gasteiger partial charge in [0.2, 0.25) is 5.82 Å². The summed E-state index contributed by atoms with van der Waals surface area (Å²) in [6.45, 7) is 2.07. The molecule has 2 heterocycles. The van der Waals surface area contributed by atoms with Crippen LogP contribution in [0.3, 0.4) is 0 Å². The summed E-state index contributed by atoms with van der Waals surface area (Å²) in [5.74, 6) is 0.827. The zero-order chi connectivity index (χ0) is 13.8. The van der Waals surface area contributed by atoms with E-state index in [0.717, 1.165) is 12.8 Å². The number of pyridine rings is 1. The van der Waals surface area contributed by atoms with Crippen molar-refractivity contribution in [2.24, 2.45) is 11.7 Å². The van der Waals surface area contributed by atoms with Crippen molar-refractivity contribution in [3.05, 3.63) is 27.9 Å². The van der Waals surface area contributed by atoms with E-state index in [9.17, 15) is 10.1 Å². The summed E-state index contributed by atoms with van der Waals surface area (Å²) in [6, 6.07) is 3.14. The molecule has 19 heavy (non-hydrogen) atoms. The maximum atomic E-state index is 11.1. The molecule has 100 valence electrons. The summed E-state index contributed by atoms with van der Waals surface area (Å²) in [5.41, 5.74) is 5.72. The van der Waals surface area contributed by atoms with Crippen LogP contribution in [0.25, 0.3) is 0 Å². The van der Waals surface area contributed by atoms with E-state index in [1.165, 1.54) is 12.3 Å². The zero-order valence-electron chi connectivity index (χ0n) is 10.5. The molecule has 1 aliphatic heterocycles. The van der Waals surface area contributed by atoms with Crippen molar-refractivity contribution in [3.63, 3.8) is 0 Å². The van der Waals surface area contributed by atoms with Gasteiger partial charge in [0.15, 0.2) is 0 Å². The second kappa shape index (κ2) is 5.63. The number of nitriles is 1. The number of aromatic nitrogens is 1. The Kier molecular flexibility index (Phi) is 3.92. The lowest BCUT2D eigenvalue weighted by atomic mass is 9.97. The summed E-state index contributed by atoms with van der Waals surface area (Å²) in [4.78, 5) is 16.5. The average Bonchev–Trinajstić information content (AvgIpc) is 2.46. The van der Waals surface area contributed by atoms with E-state index in [-0.39, 0.29) is 11.3 Å². The third kappa shape index (κ3) is 2.80. The number of hydrogen-bond acceptors (Lipinski definition) is 6. The molecule has 0 radical (unpaired) electrons. The van der Waals surface area contributed by atoms with Crippen molar-refractivity contribution < 1.29 is 4.92 Å². The van der Waals surface area contributed by atoms with Gasteiger partial charge in [-0.15, -0.1) is 0 Å². The van der Waals surface area contributed by atoms with Crippen LogP contribution in [0, 0.1) is 27.4 Å². The Labute approximate surface area is 110 Å². The first-order chi connectivity index (χ1) is 9.15. The lowest BCUT2D eigenvalue weighted by molar-refractivity contribution is -0.384. The number of nitrogens with two attached hydrogens (primary N) is 1. The number of anilines is 1. The third-order valence-electron chi connectivity index (χ3n) is 3.42. The molecule has 1 fully saturated rings. The van der Waals surface area contributed by atoms with Gasteiger partial charge in [-0.2, -0.15) is 5.26 Å². The molecule has 7 heteroatoms. The number of nitrogens with zero attached hydrogens (tertiary/aromatic N) is 4. The van der Waals surface area contributed by atoms with Gasteiger partial charge in [0, 0.05) is 25.4 Å². The normalized spacial score (nSPS) is 16.1. The minimum atomic E-state index is -0.488. The predicted octanol–water partition coefficient (Wildman–Crippen LogP) is 1.04. The molecule has 0 bridgehead atoms. The highest BCUT2D eigenvalue weighted by atomic mass is 16.6. The van der Waals surface area contributed by atoms with Crippen LogP contribution in [0.1, 0.15) is 18.4 Å². The Bertz CT molecular complexity index is 517. The minimum Gasteiger partial charge on any atom is -0.351 e. The number of nitro groups is 1. The van der Waals surface area contributed by atoms with Gasteiger partial charge in [-0.3, -0.25) is 10.1 Å². The molecule has 1 aromatic rings. The molecule has 2 rings (SSSR count). The SMILES string of the molecule is N#Cc1cnc(N2CCC(CN)CC2)c([N+](=O)[O-])c1. The molecule has 0 aliphatic carbocycles. The summed E-state index contributed by atoms with van der Waals surface area (Å²) in [7, 11) is 0. The Morgan fingerprint density at radius 3 is 2.79 bits per heavy atom. The van der Waals surface area contributed by atoms with Crippen LogP contribution in [0.4, 0.5) is 11.5 Å². The van der Waals surface area contributed by atoms with E-state index in [1.54, 1.807) is 0 Å². The van der Waals surface area contributed by atoms with Crippen LogP contribution in [-0.2, 0) is 0 Å². The van der Waals surface area contributed by atoms with Crippen molar-refractivity contribution in [1.29, 1.82) is 5.26 Å². The van der Waals surface area contributed by atoms with Crippen LogP contribution < -0.4 is 10.6 Å². The summed E-state index contributed by atoms with van der Waals surface area (Å²) >= 11 is 0. The van der Waals surface area contributed by atoms with Gasteiger partial charge < -0.3 is 10.6 Å². The molecule has 0 spiro atoms. The topological polar surface area (TPSA) is 109 Å². The van der Waals surface area contributed by atoms with E-state index in [1.807, 2.05) is 11.0 Å². The molecular weight excluding hydrogens is 246 g/mol. The molecule has 0 amide bonds. The highest BCUT2D eigenvalue weighted by Crippen LogP contribution is 2.29. The van der Waals surface area contributed by atoms with Gasteiger partial charge in [0.25, 0.3) is 0 Å². The average molecular weight is 261 g/mol. The molecular formula is C12H15N5O2. The van der Waals surface area contributed by atoms with Crippen molar-refractivity contribution in [2.75, 3.05) is 24.5 Å². The fourth-order valence-electron chi connectivity index (χ4n) is 2.27. The molecule has 0 atom stereocenters. The third-order valence-corrected chi connectivity index (χ3v) is 3.42. The van der Waals surface area contributed by atoms with Crippen molar-refractivity contribution >= 4 is 11.5 Å². The highest BCUT2D eigenvalue weighted by Gasteiger charge is 2.25. The van der Waals surface area contributed by atoms with Gasteiger partial charge in [0.1, 0.15) is 6.07 Å². The standard InChI is InChI=1S/C12H15N5O2/c13-6-9-1-3-16(4-2-9)12-11(17(18)19)5-10(7-14)8-15-12/h5,8-9H,1-4,6,13H2. The maximum absolute atomic E-state index is 11.1. The lowest BCUT2D eigenvalue weighted by Gasteiger charge is -2.31. The van der Waals surface area contributed by atoms with Crippen LogP contribution in [-0.4, -0.2) is 29.5 Å². The van der Waals surface area contributed by atoms with Crippen molar-refractivity contribution in [3.8, 4) is 6.07 Å². The van der Waals surface area contributed by atoms with E-state index < -0.39 is 4.92 Å². The second-order valence-corrected chi connectivity index (χ2v) is 4.60. The van der Waals surface area contributed by atoms with Crippen LogP contribution >= 0.6 is 0 Å². The Balaban J connectivity index is 2.25. The smallest absolute Gasteiger partial charge is 0.312 e. The van der Waals surface area contributed by atoms with E-state index in [4.69, 9.17) is 11.0 Å². The van der Waals surface area contributed by atoms with Crippen molar-refractivity contribution in [1.82, 2.24) is 4.98 Å². The quantitative estimate of drug-likeness (QED) is 0.643. The molecule has 0 unspecified atom stereocenters. The Morgan fingerprint density at radius 2 is 2.26 bits per heavy atom. The largest absolute Gasteiger partial charge is 0.351 e. The molecule has 1 saturated heterocycles.